The van der Waals surface area contributed by atoms with Crippen molar-refractivity contribution in [2.24, 2.45) is 5.41 Å². The van der Waals surface area contributed by atoms with Crippen molar-refractivity contribution in [3.05, 3.63) is 29.3 Å². The van der Waals surface area contributed by atoms with Crippen molar-refractivity contribution in [3.63, 3.8) is 0 Å². The highest BCUT2D eigenvalue weighted by atomic mass is 32.2. The molecule has 0 heterocycles. The van der Waals surface area contributed by atoms with Crippen LogP contribution in [-0.4, -0.2) is 24.2 Å². The summed E-state index contributed by atoms with van der Waals surface area (Å²) in [4.78, 5) is 11.9. The first kappa shape index (κ1) is 14.6. The fraction of sp³-hybridized carbons (Fsp3) is 0.562. The lowest BCUT2D eigenvalue weighted by Gasteiger charge is -2.58. The van der Waals surface area contributed by atoms with E-state index in [2.05, 4.69) is 0 Å². The highest BCUT2D eigenvalue weighted by Crippen LogP contribution is 2.63. The van der Waals surface area contributed by atoms with E-state index in [1.807, 2.05) is 13.8 Å². The van der Waals surface area contributed by atoms with E-state index in [4.69, 9.17) is 0 Å². The Kier molecular flexibility index (Phi) is 3.00. The molecule has 0 unspecified atom stereocenters. The Hall–Kier alpha value is -1.36. The van der Waals surface area contributed by atoms with E-state index in [0.717, 1.165) is 30.4 Å². The number of sulfone groups is 1. The second kappa shape index (κ2) is 4.32. The zero-order valence-electron chi connectivity index (χ0n) is 12.3. The topological polar surface area (TPSA) is 71.4 Å². The summed E-state index contributed by atoms with van der Waals surface area (Å²) in [6.07, 6.45) is 3.55. The zero-order valence-corrected chi connectivity index (χ0v) is 13.2. The number of rotatable bonds is 3. The monoisotopic (exact) mass is 308 g/mol. The Balaban J connectivity index is 2.03. The number of aliphatic carboxylic acids is 1. The second-order valence-electron chi connectivity index (χ2n) is 6.76. The number of aryl methyl sites for hydroxylation is 2. The molecule has 1 aromatic carbocycles. The summed E-state index contributed by atoms with van der Waals surface area (Å²) in [7, 11) is -3.85. The van der Waals surface area contributed by atoms with Gasteiger partial charge in [-0.1, -0.05) is 12.5 Å². The Labute approximate surface area is 125 Å². The van der Waals surface area contributed by atoms with Crippen LogP contribution in [0, 0.1) is 19.3 Å². The van der Waals surface area contributed by atoms with Crippen LogP contribution in [0.25, 0.3) is 0 Å². The molecule has 5 heteroatoms. The SMILES string of the molecule is Cc1ccc(S(=O)(=O)C2(C(=O)O)CC3(CCC3)C2)cc1C. The third-order valence-electron chi connectivity index (χ3n) is 5.43. The smallest absolute Gasteiger partial charge is 0.325 e. The van der Waals surface area contributed by atoms with Gasteiger partial charge in [0.25, 0.3) is 0 Å². The molecule has 0 amide bonds. The predicted octanol–water partition coefficient (Wildman–Crippen LogP) is 2.86. The van der Waals surface area contributed by atoms with Crippen LogP contribution in [0.2, 0.25) is 0 Å². The molecule has 3 rings (SSSR count). The molecule has 114 valence electrons. The van der Waals surface area contributed by atoms with Crippen molar-refractivity contribution in [1.82, 2.24) is 0 Å². The van der Waals surface area contributed by atoms with Crippen LogP contribution in [0.1, 0.15) is 43.2 Å². The van der Waals surface area contributed by atoms with E-state index < -0.39 is 20.6 Å². The van der Waals surface area contributed by atoms with E-state index in [-0.39, 0.29) is 23.2 Å². The first-order valence-electron chi connectivity index (χ1n) is 7.28. The van der Waals surface area contributed by atoms with Crippen LogP contribution < -0.4 is 0 Å². The fourth-order valence-corrected chi connectivity index (χ4v) is 6.01. The molecule has 0 aliphatic heterocycles. The highest BCUT2D eigenvalue weighted by Gasteiger charge is 2.67. The summed E-state index contributed by atoms with van der Waals surface area (Å²) < 4.78 is 24.2. The van der Waals surface area contributed by atoms with Crippen molar-refractivity contribution in [2.45, 2.75) is 55.6 Å². The van der Waals surface area contributed by atoms with Crippen LogP contribution in [0.4, 0.5) is 0 Å². The molecule has 1 N–H and O–H groups in total. The fourth-order valence-electron chi connectivity index (χ4n) is 3.75. The standard InChI is InChI=1S/C16H20O4S/c1-11-4-5-13(8-12(11)2)21(19,20)16(14(17)18)9-15(10-16)6-3-7-15/h4-5,8H,3,6-7,9-10H2,1-2H3,(H,17,18). The lowest BCUT2D eigenvalue weighted by atomic mass is 9.51. The second-order valence-corrected chi connectivity index (χ2v) is 9.02. The largest absolute Gasteiger partial charge is 0.480 e. The zero-order chi connectivity index (χ0) is 15.5. The van der Waals surface area contributed by atoms with Gasteiger partial charge in [-0.3, -0.25) is 4.79 Å². The summed E-state index contributed by atoms with van der Waals surface area (Å²) in [6.45, 7) is 3.75. The summed E-state index contributed by atoms with van der Waals surface area (Å²) in [5.41, 5.74) is 1.85. The van der Waals surface area contributed by atoms with Crippen LogP contribution in [-0.2, 0) is 14.6 Å². The maximum atomic E-state index is 12.9. The van der Waals surface area contributed by atoms with Crippen molar-refractivity contribution in [1.29, 1.82) is 0 Å². The maximum absolute atomic E-state index is 12.9. The number of hydrogen-bond acceptors (Lipinski definition) is 3. The van der Waals surface area contributed by atoms with Crippen LogP contribution >= 0.6 is 0 Å². The lowest BCUT2D eigenvalue weighted by molar-refractivity contribution is -0.150. The number of carbonyl (C=O) groups is 1. The lowest BCUT2D eigenvalue weighted by Crippen LogP contribution is -2.63. The van der Waals surface area contributed by atoms with Gasteiger partial charge in [0.15, 0.2) is 14.6 Å². The molecule has 1 aromatic rings. The minimum Gasteiger partial charge on any atom is -0.480 e. The van der Waals surface area contributed by atoms with Gasteiger partial charge in [0.2, 0.25) is 0 Å². The molecule has 0 aromatic heterocycles. The van der Waals surface area contributed by atoms with Crippen molar-refractivity contribution in [2.75, 3.05) is 0 Å². The quantitative estimate of drug-likeness (QED) is 0.932. The predicted molar refractivity (Wildman–Crippen MR) is 79.0 cm³/mol. The average molecular weight is 308 g/mol. The van der Waals surface area contributed by atoms with Gasteiger partial charge in [-0.15, -0.1) is 0 Å². The van der Waals surface area contributed by atoms with E-state index in [9.17, 15) is 18.3 Å². The van der Waals surface area contributed by atoms with Crippen molar-refractivity contribution >= 4 is 15.8 Å². The minimum absolute atomic E-state index is 0.0226. The molecule has 2 aliphatic carbocycles. The summed E-state index contributed by atoms with van der Waals surface area (Å²) in [6, 6.07) is 4.88. The number of hydrogen-bond donors (Lipinski definition) is 1. The van der Waals surface area contributed by atoms with Gasteiger partial charge < -0.3 is 5.11 Å². The molecule has 21 heavy (non-hydrogen) atoms. The van der Waals surface area contributed by atoms with Crippen molar-refractivity contribution < 1.29 is 18.3 Å². The van der Waals surface area contributed by atoms with E-state index in [1.54, 1.807) is 12.1 Å². The average Bonchev–Trinajstić information content (AvgIpc) is 2.28. The molecule has 2 fully saturated rings. The van der Waals surface area contributed by atoms with Gasteiger partial charge in [-0.2, -0.15) is 0 Å². The third-order valence-corrected chi connectivity index (χ3v) is 7.79. The molecule has 0 atom stereocenters. The van der Waals surface area contributed by atoms with Crippen molar-refractivity contribution in [3.8, 4) is 0 Å². The van der Waals surface area contributed by atoms with Crippen LogP contribution in [0.5, 0.6) is 0 Å². The molecule has 2 aliphatic rings. The molecule has 0 bridgehead atoms. The third kappa shape index (κ3) is 1.86. The first-order valence-corrected chi connectivity index (χ1v) is 8.76. The molecular weight excluding hydrogens is 288 g/mol. The van der Waals surface area contributed by atoms with E-state index >= 15 is 0 Å². The Bertz CT molecular complexity index is 706. The summed E-state index contributed by atoms with van der Waals surface area (Å²) >= 11 is 0. The van der Waals surface area contributed by atoms with Crippen LogP contribution in [0.15, 0.2) is 23.1 Å². The Morgan fingerprint density at radius 1 is 1.14 bits per heavy atom. The molecular formula is C16H20O4S. The Morgan fingerprint density at radius 3 is 2.19 bits per heavy atom. The number of carboxylic acid groups (broad SMARTS) is 1. The number of benzene rings is 1. The van der Waals surface area contributed by atoms with Gasteiger partial charge in [0, 0.05) is 0 Å². The summed E-state index contributed by atoms with van der Waals surface area (Å²) in [5, 5.41) is 9.58. The molecule has 4 nitrogen and oxygen atoms in total. The van der Waals surface area contributed by atoms with Gasteiger partial charge in [-0.05, 0) is 68.2 Å². The minimum atomic E-state index is -3.85. The van der Waals surface area contributed by atoms with Crippen LogP contribution in [0.3, 0.4) is 0 Å². The molecule has 0 saturated heterocycles. The normalized spacial score (nSPS) is 22.4. The first-order chi connectivity index (χ1) is 9.72. The summed E-state index contributed by atoms with van der Waals surface area (Å²) in [5.74, 6) is -1.20. The molecule has 1 spiro atoms. The Morgan fingerprint density at radius 2 is 1.76 bits per heavy atom. The number of carboxylic acids is 1. The van der Waals surface area contributed by atoms with E-state index in [1.165, 1.54) is 6.07 Å². The van der Waals surface area contributed by atoms with Gasteiger partial charge >= 0.3 is 5.97 Å². The van der Waals surface area contributed by atoms with Gasteiger partial charge in [0.1, 0.15) is 0 Å². The van der Waals surface area contributed by atoms with E-state index in [0.29, 0.717) is 0 Å². The molecule has 2 saturated carbocycles. The highest BCUT2D eigenvalue weighted by molar-refractivity contribution is 7.93. The van der Waals surface area contributed by atoms with Gasteiger partial charge in [-0.25, -0.2) is 8.42 Å². The molecule has 0 radical (unpaired) electrons. The van der Waals surface area contributed by atoms with Gasteiger partial charge in [0.05, 0.1) is 4.90 Å². The maximum Gasteiger partial charge on any atom is 0.325 e.